The molecule has 1 fully saturated rings. The third-order valence-electron chi connectivity index (χ3n) is 2.64. The van der Waals surface area contributed by atoms with Crippen molar-refractivity contribution in [2.75, 3.05) is 6.54 Å². The predicted molar refractivity (Wildman–Crippen MR) is 46.8 cm³/mol. The molecule has 3 aliphatic rings. The van der Waals surface area contributed by atoms with E-state index in [4.69, 9.17) is 17.3 Å². The van der Waals surface area contributed by atoms with Crippen molar-refractivity contribution in [2.45, 2.75) is 17.3 Å². The fourth-order valence-corrected chi connectivity index (χ4v) is 2.25. The standard InChI is InChI=1S/C8H11ClN2O/c9-8(7(10)12)3-5-1-2-6(8)11-4-5/h1-2,5-6,11H,3-4H2,(H2,10,12). The summed E-state index contributed by atoms with van der Waals surface area (Å²) in [6.07, 6.45) is 4.71. The van der Waals surface area contributed by atoms with Crippen LogP contribution in [0.15, 0.2) is 12.2 Å². The molecule has 3 rings (SSSR count). The molecule has 1 amide bonds. The number of primary amides is 1. The molecule has 12 heavy (non-hydrogen) atoms. The van der Waals surface area contributed by atoms with Crippen molar-refractivity contribution in [1.29, 1.82) is 0 Å². The number of carbonyl (C=O) groups excluding carboxylic acids is 1. The van der Waals surface area contributed by atoms with Gasteiger partial charge in [0, 0.05) is 6.54 Å². The number of amides is 1. The van der Waals surface area contributed by atoms with Gasteiger partial charge in [-0.1, -0.05) is 12.2 Å². The summed E-state index contributed by atoms with van der Waals surface area (Å²) in [5.41, 5.74) is 5.24. The first kappa shape index (κ1) is 8.08. The van der Waals surface area contributed by atoms with Gasteiger partial charge in [0.05, 0.1) is 6.04 Å². The molecule has 1 aliphatic carbocycles. The summed E-state index contributed by atoms with van der Waals surface area (Å²) in [6, 6.07) is -0.0818. The van der Waals surface area contributed by atoms with E-state index < -0.39 is 10.8 Å². The number of alkyl halides is 1. The summed E-state index contributed by atoms with van der Waals surface area (Å²) < 4.78 is 0. The highest BCUT2D eigenvalue weighted by molar-refractivity contribution is 6.35. The lowest BCUT2D eigenvalue weighted by Crippen LogP contribution is -2.61. The molecule has 0 saturated carbocycles. The molecule has 1 saturated heterocycles. The molecule has 66 valence electrons. The lowest BCUT2D eigenvalue weighted by molar-refractivity contribution is -0.122. The number of nitrogens with one attached hydrogen (secondary N) is 1. The molecule has 3 N–H and O–H groups in total. The van der Waals surface area contributed by atoms with Gasteiger partial charge in [0.15, 0.2) is 0 Å². The number of rotatable bonds is 1. The highest BCUT2D eigenvalue weighted by atomic mass is 35.5. The Kier molecular flexibility index (Phi) is 1.66. The zero-order valence-corrected chi connectivity index (χ0v) is 7.34. The van der Waals surface area contributed by atoms with Crippen molar-refractivity contribution in [3.63, 3.8) is 0 Å². The van der Waals surface area contributed by atoms with Crippen molar-refractivity contribution in [3.05, 3.63) is 12.2 Å². The molecule has 4 heteroatoms. The Morgan fingerprint density at radius 3 is 2.67 bits per heavy atom. The number of nitrogens with two attached hydrogens (primary N) is 1. The second-order valence-electron chi connectivity index (χ2n) is 3.46. The molecule has 2 aliphatic heterocycles. The Bertz CT molecular complexity index is 253. The first-order valence-electron chi connectivity index (χ1n) is 4.03. The van der Waals surface area contributed by atoms with Crippen LogP contribution in [0.4, 0.5) is 0 Å². The quantitative estimate of drug-likeness (QED) is 0.447. The topological polar surface area (TPSA) is 55.1 Å². The minimum atomic E-state index is -0.891. The molecule has 3 nitrogen and oxygen atoms in total. The number of carbonyl (C=O) groups is 1. The smallest absolute Gasteiger partial charge is 0.240 e. The minimum absolute atomic E-state index is 0.0818. The van der Waals surface area contributed by atoms with Gasteiger partial charge in [-0.2, -0.15) is 0 Å². The third kappa shape index (κ3) is 0.967. The number of fused-ring (bicyclic) bond motifs is 2. The Morgan fingerprint density at radius 1 is 1.67 bits per heavy atom. The van der Waals surface area contributed by atoms with Crippen LogP contribution in [0.3, 0.4) is 0 Å². The van der Waals surface area contributed by atoms with E-state index in [-0.39, 0.29) is 6.04 Å². The monoisotopic (exact) mass is 186 g/mol. The molecule has 3 unspecified atom stereocenters. The first-order valence-corrected chi connectivity index (χ1v) is 4.41. The van der Waals surface area contributed by atoms with Crippen LogP contribution in [0.1, 0.15) is 6.42 Å². The van der Waals surface area contributed by atoms with Crippen molar-refractivity contribution >= 4 is 17.5 Å². The summed E-state index contributed by atoms with van der Waals surface area (Å²) in [7, 11) is 0. The van der Waals surface area contributed by atoms with Crippen LogP contribution >= 0.6 is 11.6 Å². The van der Waals surface area contributed by atoms with Crippen LogP contribution in [-0.4, -0.2) is 23.4 Å². The third-order valence-corrected chi connectivity index (χ3v) is 3.21. The SMILES string of the molecule is NC(=O)C1(Cl)CC2C=CC1NC2. The maximum atomic E-state index is 11.1. The highest BCUT2D eigenvalue weighted by Crippen LogP contribution is 2.36. The molecule has 0 radical (unpaired) electrons. The molecule has 0 aromatic carbocycles. The Balaban J connectivity index is 2.31. The average molecular weight is 187 g/mol. The molecule has 0 aromatic heterocycles. The zero-order valence-electron chi connectivity index (χ0n) is 6.59. The van der Waals surface area contributed by atoms with Gasteiger partial charge in [-0.25, -0.2) is 0 Å². The predicted octanol–water partition coefficient (Wildman–Crippen LogP) is -0.00280. The first-order chi connectivity index (χ1) is 5.63. The van der Waals surface area contributed by atoms with Gasteiger partial charge >= 0.3 is 0 Å². The van der Waals surface area contributed by atoms with E-state index >= 15 is 0 Å². The van der Waals surface area contributed by atoms with Crippen molar-refractivity contribution in [1.82, 2.24) is 5.32 Å². The summed E-state index contributed by atoms with van der Waals surface area (Å²) in [5.74, 6) is -0.0595. The fourth-order valence-electron chi connectivity index (χ4n) is 1.90. The minimum Gasteiger partial charge on any atom is -0.368 e. The lowest BCUT2D eigenvalue weighted by atomic mass is 9.78. The van der Waals surface area contributed by atoms with E-state index in [9.17, 15) is 4.79 Å². The van der Waals surface area contributed by atoms with Gasteiger partial charge in [-0.3, -0.25) is 4.79 Å². The molecule has 0 spiro atoms. The van der Waals surface area contributed by atoms with Crippen LogP contribution in [0.5, 0.6) is 0 Å². The summed E-state index contributed by atoms with van der Waals surface area (Å²) in [4.78, 5) is 10.2. The van der Waals surface area contributed by atoms with E-state index in [0.717, 1.165) is 6.54 Å². The van der Waals surface area contributed by atoms with Gasteiger partial charge in [-0.15, -0.1) is 11.6 Å². The summed E-state index contributed by atoms with van der Waals surface area (Å²) in [6.45, 7) is 0.906. The fraction of sp³-hybridized carbons (Fsp3) is 0.625. The van der Waals surface area contributed by atoms with Crippen molar-refractivity contribution < 1.29 is 4.79 Å². The van der Waals surface area contributed by atoms with E-state index in [0.29, 0.717) is 12.3 Å². The largest absolute Gasteiger partial charge is 0.368 e. The maximum Gasteiger partial charge on any atom is 0.240 e. The molecule has 3 atom stereocenters. The Labute approximate surface area is 75.9 Å². The van der Waals surface area contributed by atoms with Crippen LogP contribution < -0.4 is 11.1 Å². The van der Waals surface area contributed by atoms with E-state index in [1.165, 1.54) is 0 Å². The van der Waals surface area contributed by atoms with Crippen LogP contribution in [0, 0.1) is 5.92 Å². The number of hydrogen-bond acceptors (Lipinski definition) is 2. The number of hydrogen-bond donors (Lipinski definition) is 2. The number of halogens is 1. The van der Waals surface area contributed by atoms with Gasteiger partial charge in [-0.05, 0) is 12.3 Å². The maximum absolute atomic E-state index is 11.1. The van der Waals surface area contributed by atoms with Crippen molar-refractivity contribution in [2.24, 2.45) is 11.7 Å². The van der Waals surface area contributed by atoms with Crippen LogP contribution in [0.2, 0.25) is 0 Å². The van der Waals surface area contributed by atoms with Gasteiger partial charge in [0.2, 0.25) is 5.91 Å². The van der Waals surface area contributed by atoms with Gasteiger partial charge in [0.25, 0.3) is 0 Å². The second kappa shape index (κ2) is 2.47. The van der Waals surface area contributed by atoms with Crippen LogP contribution in [0.25, 0.3) is 0 Å². The second-order valence-corrected chi connectivity index (χ2v) is 4.14. The summed E-state index contributed by atoms with van der Waals surface area (Å²) in [5, 5.41) is 3.17. The van der Waals surface area contributed by atoms with Gasteiger partial charge in [0.1, 0.15) is 4.87 Å². The zero-order chi connectivity index (χ0) is 8.77. The molecule has 2 bridgehead atoms. The normalized spacial score (nSPS) is 44.8. The molecular weight excluding hydrogens is 176 g/mol. The Hall–Kier alpha value is -0.540. The Morgan fingerprint density at radius 2 is 2.42 bits per heavy atom. The van der Waals surface area contributed by atoms with E-state index in [2.05, 4.69) is 11.4 Å². The highest BCUT2D eigenvalue weighted by Gasteiger charge is 2.48. The van der Waals surface area contributed by atoms with Crippen LogP contribution in [-0.2, 0) is 4.79 Å². The average Bonchev–Trinajstić information content (AvgIpc) is 2.05. The molecular formula is C8H11ClN2O. The molecule has 0 aromatic rings. The summed E-state index contributed by atoms with van der Waals surface area (Å²) >= 11 is 6.12. The van der Waals surface area contributed by atoms with Gasteiger partial charge < -0.3 is 11.1 Å². The van der Waals surface area contributed by atoms with E-state index in [1.54, 1.807) is 0 Å². The molecule has 2 heterocycles. The van der Waals surface area contributed by atoms with Crippen molar-refractivity contribution in [3.8, 4) is 0 Å². The number of piperidine rings is 1. The van der Waals surface area contributed by atoms with E-state index in [1.807, 2.05) is 6.08 Å². The lowest BCUT2D eigenvalue weighted by Gasteiger charge is -2.42.